The Labute approximate surface area is 115 Å². The summed E-state index contributed by atoms with van der Waals surface area (Å²) in [5, 5.41) is 11.7. The van der Waals surface area contributed by atoms with Gasteiger partial charge in [-0.15, -0.1) is 11.3 Å². The Morgan fingerprint density at radius 2 is 1.74 bits per heavy atom. The highest BCUT2D eigenvalue weighted by Gasteiger charge is 2.14. The molecule has 0 unspecified atom stereocenters. The summed E-state index contributed by atoms with van der Waals surface area (Å²) in [7, 11) is 0. The van der Waals surface area contributed by atoms with Gasteiger partial charge in [-0.05, 0) is 55.5 Å². The number of hydrogen-bond donors (Lipinski definition) is 1. The van der Waals surface area contributed by atoms with Crippen LogP contribution in [0.2, 0.25) is 0 Å². The maximum absolute atomic E-state index is 9.66. The summed E-state index contributed by atoms with van der Waals surface area (Å²) in [6.45, 7) is 5.91. The highest BCUT2D eigenvalue weighted by molar-refractivity contribution is 7.17. The van der Waals surface area contributed by atoms with E-state index in [9.17, 15) is 5.11 Å². The fraction of sp³-hybridized carbons (Fsp3) is 0.200. The van der Waals surface area contributed by atoms with Crippen LogP contribution in [0.3, 0.4) is 0 Å². The standard InChI is InChI=1S/C15H14N2OS/c1-8-6-11(18)7-9(2)13(8)14-15-12(4-5-19-15)16-10(3)17-14/h4-7,18H,1-3H3. The zero-order valence-electron chi connectivity index (χ0n) is 11.1. The second-order valence-electron chi connectivity index (χ2n) is 4.71. The molecule has 2 aromatic heterocycles. The first-order valence-corrected chi connectivity index (χ1v) is 6.96. The van der Waals surface area contributed by atoms with E-state index >= 15 is 0 Å². The Morgan fingerprint density at radius 3 is 2.42 bits per heavy atom. The lowest BCUT2D eigenvalue weighted by molar-refractivity contribution is 0.474. The SMILES string of the molecule is Cc1nc(-c2c(C)cc(O)cc2C)c2sccc2n1. The fourth-order valence-corrected chi connectivity index (χ4v) is 3.29. The van der Waals surface area contributed by atoms with Crippen LogP contribution in [-0.2, 0) is 0 Å². The molecule has 0 aliphatic carbocycles. The average molecular weight is 270 g/mol. The number of benzene rings is 1. The van der Waals surface area contributed by atoms with Gasteiger partial charge in [0.15, 0.2) is 0 Å². The van der Waals surface area contributed by atoms with Crippen molar-refractivity contribution in [3.8, 4) is 17.0 Å². The number of phenols is 1. The van der Waals surface area contributed by atoms with E-state index in [1.165, 1.54) is 0 Å². The second-order valence-corrected chi connectivity index (χ2v) is 5.63. The summed E-state index contributed by atoms with van der Waals surface area (Å²) in [6, 6.07) is 5.57. The van der Waals surface area contributed by atoms with Crippen LogP contribution in [0.1, 0.15) is 17.0 Å². The third-order valence-electron chi connectivity index (χ3n) is 3.17. The predicted molar refractivity (Wildman–Crippen MR) is 78.7 cm³/mol. The van der Waals surface area contributed by atoms with Crippen LogP contribution >= 0.6 is 11.3 Å². The van der Waals surface area contributed by atoms with Crippen LogP contribution in [0.15, 0.2) is 23.6 Å². The van der Waals surface area contributed by atoms with E-state index in [2.05, 4.69) is 9.97 Å². The Kier molecular flexibility index (Phi) is 2.75. The highest BCUT2D eigenvalue weighted by atomic mass is 32.1. The van der Waals surface area contributed by atoms with Gasteiger partial charge in [0.25, 0.3) is 0 Å². The minimum Gasteiger partial charge on any atom is -0.508 e. The number of rotatable bonds is 1. The van der Waals surface area contributed by atoms with Crippen molar-refractivity contribution in [2.45, 2.75) is 20.8 Å². The van der Waals surface area contributed by atoms with Gasteiger partial charge in [0.05, 0.1) is 15.9 Å². The summed E-state index contributed by atoms with van der Waals surface area (Å²) in [4.78, 5) is 9.06. The van der Waals surface area contributed by atoms with Crippen molar-refractivity contribution in [3.05, 3.63) is 40.5 Å². The molecular weight excluding hydrogens is 256 g/mol. The molecule has 4 heteroatoms. The molecule has 0 saturated heterocycles. The average Bonchev–Trinajstić information content (AvgIpc) is 2.75. The Morgan fingerprint density at radius 1 is 1.05 bits per heavy atom. The fourth-order valence-electron chi connectivity index (χ4n) is 2.46. The molecule has 3 rings (SSSR count). The van der Waals surface area contributed by atoms with E-state index in [1.54, 1.807) is 23.5 Å². The molecule has 96 valence electrons. The molecule has 0 bridgehead atoms. The largest absolute Gasteiger partial charge is 0.508 e. The molecule has 19 heavy (non-hydrogen) atoms. The monoisotopic (exact) mass is 270 g/mol. The van der Waals surface area contributed by atoms with E-state index in [0.29, 0.717) is 5.75 Å². The van der Waals surface area contributed by atoms with Crippen molar-refractivity contribution in [2.75, 3.05) is 0 Å². The smallest absolute Gasteiger partial charge is 0.126 e. The lowest BCUT2D eigenvalue weighted by Gasteiger charge is -2.11. The molecule has 0 aliphatic rings. The number of phenolic OH excluding ortho intramolecular Hbond substituents is 1. The first kappa shape index (κ1) is 12.1. The number of aryl methyl sites for hydroxylation is 3. The first-order valence-electron chi connectivity index (χ1n) is 6.08. The van der Waals surface area contributed by atoms with Gasteiger partial charge in [-0.2, -0.15) is 0 Å². The van der Waals surface area contributed by atoms with Crippen LogP contribution < -0.4 is 0 Å². The molecule has 3 aromatic rings. The van der Waals surface area contributed by atoms with E-state index in [0.717, 1.165) is 38.4 Å². The van der Waals surface area contributed by atoms with Crippen LogP contribution in [-0.4, -0.2) is 15.1 Å². The summed E-state index contributed by atoms with van der Waals surface area (Å²) in [6.07, 6.45) is 0. The van der Waals surface area contributed by atoms with Gasteiger partial charge in [0.1, 0.15) is 11.6 Å². The zero-order valence-corrected chi connectivity index (χ0v) is 11.9. The predicted octanol–water partition coefficient (Wildman–Crippen LogP) is 3.99. The maximum Gasteiger partial charge on any atom is 0.126 e. The molecule has 0 amide bonds. The number of hydrogen-bond acceptors (Lipinski definition) is 4. The second kappa shape index (κ2) is 4.31. The van der Waals surface area contributed by atoms with Crippen molar-refractivity contribution in [3.63, 3.8) is 0 Å². The molecule has 1 aromatic carbocycles. The van der Waals surface area contributed by atoms with Crippen LogP contribution in [0.25, 0.3) is 21.5 Å². The van der Waals surface area contributed by atoms with Crippen molar-refractivity contribution in [1.82, 2.24) is 9.97 Å². The molecular formula is C15H14N2OS. The van der Waals surface area contributed by atoms with Gasteiger partial charge in [0, 0.05) is 5.56 Å². The van der Waals surface area contributed by atoms with Gasteiger partial charge >= 0.3 is 0 Å². The summed E-state index contributed by atoms with van der Waals surface area (Å²) < 4.78 is 1.10. The summed E-state index contributed by atoms with van der Waals surface area (Å²) in [5.41, 5.74) is 5.11. The van der Waals surface area contributed by atoms with Crippen molar-refractivity contribution in [1.29, 1.82) is 0 Å². The maximum atomic E-state index is 9.66. The zero-order chi connectivity index (χ0) is 13.6. The lowest BCUT2D eigenvalue weighted by atomic mass is 9.99. The Hall–Kier alpha value is -1.94. The van der Waals surface area contributed by atoms with Gasteiger partial charge in [-0.25, -0.2) is 9.97 Å². The Balaban J connectivity index is 2.39. The molecule has 3 nitrogen and oxygen atoms in total. The number of fused-ring (bicyclic) bond motifs is 1. The molecule has 0 saturated carbocycles. The summed E-state index contributed by atoms with van der Waals surface area (Å²) in [5.74, 6) is 1.07. The number of aromatic nitrogens is 2. The minimum absolute atomic E-state index is 0.298. The van der Waals surface area contributed by atoms with Crippen LogP contribution in [0.4, 0.5) is 0 Å². The molecule has 1 N–H and O–H groups in total. The van der Waals surface area contributed by atoms with E-state index in [4.69, 9.17) is 0 Å². The topological polar surface area (TPSA) is 46.0 Å². The molecule has 0 radical (unpaired) electrons. The van der Waals surface area contributed by atoms with E-state index < -0.39 is 0 Å². The third kappa shape index (κ3) is 1.98. The third-order valence-corrected chi connectivity index (χ3v) is 4.08. The molecule has 0 fully saturated rings. The van der Waals surface area contributed by atoms with Gasteiger partial charge < -0.3 is 5.11 Å². The number of nitrogens with zero attached hydrogens (tertiary/aromatic N) is 2. The number of thiophene rings is 1. The van der Waals surface area contributed by atoms with E-state index in [1.807, 2.05) is 32.2 Å². The number of aromatic hydroxyl groups is 1. The molecule has 2 heterocycles. The van der Waals surface area contributed by atoms with Gasteiger partial charge in [-0.1, -0.05) is 0 Å². The quantitative estimate of drug-likeness (QED) is 0.727. The van der Waals surface area contributed by atoms with E-state index in [-0.39, 0.29) is 0 Å². The van der Waals surface area contributed by atoms with Gasteiger partial charge in [0.2, 0.25) is 0 Å². The molecule has 0 aliphatic heterocycles. The summed E-state index contributed by atoms with van der Waals surface area (Å²) >= 11 is 1.65. The van der Waals surface area contributed by atoms with Crippen LogP contribution in [0, 0.1) is 20.8 Å². The highest BCUT2D eigenvalue weighted by Crippen LogP contribution is 2.35. The lowest BCUT2D eigenvalue weighted by Crippen LogP contribution is -1.95. The van der Waals surface area contributed by atoms with Gasteiger partial charge in [-0.3, -0.25) is 0 Å². The molecule has 0 spiro atoms. The molecule has 0 atom stereocenters. The van der Waals surface area contributed by atoms with Crippen molar-refractivity contribution < 1.29 is 5.11 Å². The Bertz CT molecular complexity index is 754. The van der Waals surface area contributed by atoms with Crippen molar-refractivity contribution in [2.24, 2.45) is 0 Å². The first-order chi connectivity index (χ1) is 9.06. The van der Waals surface area contributed by atoms with Crippen LogP contribution in [0.5, 0.6) is 5.75 Å². The van der Waals surface area contributed by atoms with Crippen molar-refractivity contribution >= 4 is 21.6 Å². The minimum atomic E-state index is 0.298. The normalized spacial score (nSPS) is 11.1.